The lowest BCUT2D eigenvalue weighted by atomic mass is 10.2. The lowest BCUT2D eigenvalue weighted by Gasteiger charge is -2.24. The molecule has 1 aliphatic heterocycles. The molecule has 1 saturated heterocycles. The summed E-state index contributed by atoms with van der Waals surface area (Å²) >= 11 is 0. The van der Waals surface area contributed by atoms with Gasteiger partial charge in [-0.3, -0.25) is 4.90 Å². The van der Waals surface area contributed by atoms with Crippen LogP contribution in [0.2, 0.25) is 0 Å². The first-order valence-corrected chi connectivity index (χ1v) is 6.34. The molecule has 1 fully saturated rings. The Hall–Kier alpha value is -1.62. The molecule has 0 aromatic carbocycles. The fourth-order valence-electron chi connectivity index (χ4n) is 2.23. The lowest BCUT2D eigenvalue weighted by Crippen LogP contribution is -2.35. The molecule has 98 valence electrons. The third kappa shape index (κ3) is 3.20. The van der Waals surface area contributed by atoms with Gasteiger partial charge in [0.05, 0.1) is 0 Å². The fraction of sp³-hybridized carbons (Fsp3) is 0.538. The van der Waals surface area contributed by atoms with Gasteiger partial charge in [0.1, 0.15) is 5.69 Å². The number of aromatic carboxylic acids is 1. The van der Waals surface area contributed by atoms with Crippen molar-refractivity contribution >= 4 is 11.7 Å². The van der Waals surface area contributed by atoms with Crippen molar-refractivity contribution in [1.29, 1.82) is 0 Å². The van der Waals surface area contributed by atoms with Crippen molar-refractivity contribution in [3.8, 4) is 0 Å². The molecule has 5 nitrogen and oxygen atoms in total. The maximum absolute atomic E-state index is 10.8. The van der Waals surface area contributed by atoms with Crippen LogP contribution in [0.5, 0.6) is 0 Å². The molecule has 1 unspecified atom stereocenters. The van der Waals surface area contributed by atoms with Crippen molar-refractivity contribution in [2.24, 2.45) is 0 Å². The molecular weight excluding hydrogens is 230 g/mol. The van der Waals surface area contributed by atoms with E-state index in [4.69, 9.17) is 5.11 Å². The number of pyridine rings is 1. The first kappa shape index (κ1) is 12.8. The van der Waals surface area contributed by atoms with Crippen LogP contribution in [0.25, 0.3) is 0 Å². The second kappa shape index (κ2) is 5.82. The van der Waals surface area contributed by atoms with E-state index in [1.807, 2.05) is 0 Å². The number of nitrogens with zero attached hydrogens (tertiary/aromatic N) is 2. The van der Waals surface area contributed by atoms with Crippen molar-refractivity contribution in [2.45, 2.75) is 25.8 Å². The number of hydrogen-bond donors (Lipinski definition) is 2. The minimum atomic E-state index is -0.994. The highest BCUT2D eigenvalue weighted by molar-refractivity contribution is 5.86. The minimum Gasteiger partial charge on any atom is -0.477 e. The summed E-state index contributed by atoms with van der Waals surface area (Å²) in [7, 11) is 0. The molecule has 1 aromatic rings. The molecule has 2 heterocycles. The zero-order valence-electron chi connectivity index (χ0n) is 10.6. The number of rotatable bonds is 5. The second-order valence-electron chi connectivity index (χ2n) is 4.71. The minimum absolute atomic E-state index is 0.0776. The largest absolute Gasteiger partial charge is 0.477 e. The maximum Gasteiger partial charge on any atom is 0.354 e. The summed E-state index contributed by atoms with van der Waals surface area (Å²) in [6, 6.07) is 3.83. The molecule has 0 spiro atoms. The van der Waals surface area contributed by atoms with Gasteiger partial charge in [-0.2, -0.15) is 0 Å². The van der Waals surface area contributed by atoms with Gasteiger partial charge in [-0.1, -0.05) is 0 Å². The van der Waals surface area contributed by atoms with E-state index in [1.165, 1.54) is 32.1 Å². The molecule has 1 atom stereocenters. The summed E-state index contributed by atoms with van der Waals surface area (Å²) in [5.74, 6) is -0.994. The van der Waals surface area contributed by atoms with Gasteiger partial charge in [-0.25, -0.2) is 9.78 Å². The predicted octanol–water partition coefficient (Wildman–Crippen LogP) is 1.68. The predicted molar refractivity (Wildman–Crippen MR) is 70.0 cm³/mol. The van der Waals surface area contributed by atoms with Crippen LogP contribution in [-0.2, 0) is 0 Å². The second-order valence-corrected chi connectivity index (χ2v) is 4.71. The number of aromatic nitrogens is 1. The van der Waals surface area contributed by atoms with E-state index >= 15 is 0 Å². The number of hydrogen-bond acceptors (Lipinski definition) is 4. The van der Waals surface area contributed by atoms with Gasteiger partial charge in [0.15, 0.2) is 0 Å². The number of nitrogens with one attached hydrogen (secondary N) is 1. The third-order valence-corrected chi connectivity index (χ3v) is 3.34. The standard InChI is InChI=1S/C13H19N3O2/c1-10(16-6-2-3-7-16)9-15-11-4-5-14-12(8-11)13(17)18/h4-5,8,10H,2-3,6-7,9H2,1H3,(H,14,15)(H,17,18). The van der Waals surface area contributed by atoms with Crippen molar-refractivity contribution in [3.05, 3.63) is 24.0 Å². The van der Waals surface area contributed by atoms with E-state index in [-0.39, 0.29) is 5.69 Å². The topological polar surface area (TPSA) is 65.5 Å². The summed E-state index contributed by atoms with van der Waals surface area (Å²) in [5.41, 5.74) is 0.891. The van der Waals surface area contributed by atoms with Gasteiger partial charge in [-0.15, -0.1) is 0 Å². The molecule has 2 rings (SSSR count). The van der Waals surface area contributed by atoms with Gasteiger partial charge in [0, 0.05) is 24.5 Å². The molecule has 1 aliphatic rings. The van der Waals surface area contributed by atoms with Crippen LogP contribution in [0, 0.1) is 0 Å². The zero-order valence-corrected chi connectivity index (χ0v) is 10.6. The number of likely N-dealkylation sites (tertiary alicyclic amines) is 1. The Kier molecular flexibility index (Phi) is 4.15. The van der Waals surface area contributed by atoms with E-state index < -0.39 is 5.97 Å². The van der Waals surface area contributed by atoms with Crippen LogP contribution >= 0.6 is 0 Å². The summed E-state index contributed by atoms with van der Waals surface area (Å²) in [4.78, 5) is 17.0. The average Bonchev–Trinajstić information content (AvgIpc) is 2.90. The van der Waals surface area contributed by atoms with Crippen LogP contribution in [0.3, 0.4) is 0 Å². The van der Waals surface area contributed by atoms with Crippen LogP contribution in [0.15, 0.2) is 18.3 Å². The van der Waals surface area contributed by atoms with Gasteiger partial charge in [-0.05, 0) is 45.0 Å². The Morgan fingerprint density at radius 2 is 2.28 bits per heavy atom. The Morgan fingerprint density at radius 1 is 1.56 bits per heavy atom. The Bertz CT molecular complexity index is 416. The van der Waals surface area contributed by atoms with Gasteiger partial charge < -0.3 is 10.4 Å². The molecule has 0 bridgehead atoms. The molecule has 0 radical (unpaired) electrons. The molecular formula is C13H19N3O2. The monoisotopic (exact) mass is 249 g/mol. The molecule has 5 heteroatoms. The van der Waals surface area contributed by atoms with E-state index in [0.29, 0.717) is 6.04 Å². The highest BCUT2D eigenvalue weighted by atomic mass is 16.4. The van der Waals surface area contributed by atoms with Crippen LogP contribution in [-0.4, -0.2) is 46.6 Å². The molecule has 0 aliphatic carbocycles. The third-order valence-electron chi connectivity index (χ3n) is 3.34. The quantitative estimate of drug-likeness (QED) is 0.831. The average molecular weight is 249 g/mol. The van der Waals surface area contributed by atoms with Gasteiger partial charge >= 0.3 is 5.97 Å². The normalized spacial score (nSPS) is 17.6. The lowest BCUT2D eigenvalue weighted by molar-refractivity contribution is 0.0690. The summed E-state index contributed by atoms with van der Waals surface area (Å²) in [6.45, 7) is 5.35. The van der Waals surface area contributed by atoms with Crippen molar-refractivity contribution in [2.75, 3.05) is 25.0 Å². The number of carboxylic acids is 1. The van der Waals surface area contributed by atoms with Crippen LogP contribution in [0.1, 0.15) is 30.3 Å². The van der Waals surface area contributed by atoms with Crippen molar-refractivity contribution in [1.82, 2.24) is 9.88 Å². The van der Waals surface area contributed by atoms with Gasteiger partial charge in [0.2, 0.25) is 0 Å². The fourth-order valence-corrected chi connectivity index (χ4v) is 2.23. The first-order valence-electron chi connectivity index (χ1n) is 6.34. The molecule has 1 aromatic heterocycles. The Morgan fingerprint density at radius 3 is 2.94 bits per heavy atom. The highest BCUT2D eigenvalue weighted by Gasteiger charge is 2.17. The van der Waals surface area contributed by atoms with E-state index in [9.17, 15) is 4.79 Å². The number of anilines is 1. The zero-order chi connectivity index (χ0) is 13.0. The Balaban J connectivity index is 1.89. The number of carbonyl (C=O) groups is 1. The Labute approximate surface area is 107 Å². The van der Waals surface area contributed by atoms with Crippen LogP contribution < -0.4 is 5.32 Å². The van der Waals surface area contributed by atoms with E-state index in [0.717, 1.165) is 12.2 Å². The molecule has 18 heavy (non-hydrogen) atoms. The maximum atomic E-state index is 10.8. The first-order chi connectivity index (χ1) is 8.66. The summed E-state index contributed by atoms with van der Waals surface area (Å²) in [5, 5.41) is 12.1. The summed E-state index contributed by atoms with van der Waals surface area (Å²) in [6.07, 6.45) is 4.08. The van der Waals surface area contributed by atoms with Gasteiger partial charge in [0.25, 0.3) is 0 Å². The van der Waals surface area contributed by atoms with E-state index in [1.54, 1.807) is 12.1 Å². The van der Waals surface area contributed by atoms with Crippen molar-refractivity contribution < 1.29 is 9.90 Å². The SMILES string of the molecule is CC(CNc1ccnc(C(=O)O)c1)N1CCCC1. The summed E-state index contributed by atoms with van der Waals surface area (Å²) < 4.78 is 0. The van der Waals surface area contributed by atoms with E-state index in [2.05, 4.69) is 22.1 Å². The highest BCUT2D eigenvalue weighted by Crippen LogP contribution is 2.13. The molecule has 0 amide bonds. The smallest absolute Gasteiger partial charge is 0.354 e. The molecule has 0 saturated carbocycles. The number of carboxylic acid groups (broad SMARTS) is 1. The van der Waals surface area contributed by atoms with Crippen LogP contribution in [0.4, 0.5) is 5.69 Å². The van der Waals surface area contributed by atoms with Crippen molar-refractivity contribution in [3.63, 3.8) is 0 Å². The molecule has 2 N–H and O–H groups in total.